The summed E-state index contributed by atoms with van der Waals surface area (Å²) in [5.41, 5.74) is 0.892. The first-order valence-corrected chi connectivity index (χ1v) is 8.50. The van der Waals surface area contributed by atoms with Crippen molar-refractivity contribution in [2.24, 2.45) is 0 Å². The van der Waals surface area contributed by atoms with Crippen LogP contribution in [-0.2, 0) is 14.3 Å². The van der Waals surface area contributed by atoms with Crippen LogP contribution in [0.25, 0.3) is 0 Å². The molecule has 0 aromatic heterocycles. The van der Waals surface area contributed by atoms with Crippen LogP contribution in [0, 0.1) is 5.82 Å². The van der Waals surface area contributed by atoms with Gasteiger partial charge in [-0.1, -0.05) is 12.1 Å². The number of nitrogens with one attached hydrogen (secondary N) is 1. The Kier molecular flexibility index (Phi) is 5.62. The van der Waals surface area contributed by atoms with Gasteiger partial charge in [-0.15, -0.1) is 0 Å². The topological polar surface area (TPSA) is 47.6 Å². The Bertz CT molecular complexity index is 508. The minimum absolute atomic E-state index is 0.00493. The van der Waals surface area contributed by atoms with Gasteiger partial charge in [-0.2, -0.15) is 0 Å². The summed E-state index contributed by atoms with van der Waals surface area (Å²) in [7, 11) is 0. The quantitative estimate of drug-likeness (QED) is 0.876. The number of amides is 1. The van der Waals surface area contributed by atoms with Gasteiger partial charge in [0.2, 0.25) is 5.91 Å². The molecule has 1 amide bonds. The van der Waals surface area contributed by atoms with Crippen LogP contribution in [-0.4, -0.2) is 31.3 Å². The van der Waals surface area contributed by atoms with Crippen LogP contribution >= 0.6 is 0 Å². The number of halogens is 1. The zero-order valence-corrected chi connectivity index (χ0v) is 13.3. The van der Waals surface area contributed by atoms with E-state index in [0.717, 1.165) is 44.3 Å². The van der Waals surface area contributed by atoms with Gasteiger partial charge >= 0.3 is 0 Å². The summed E-state index contributed by atoms with van der Waals surface area (Å²) in [6.07, 6.45) is 5.42. The highest BCUT2D eigenvalue weighted by Gasteiger charge is 2.29. The molecule has 5 heteroatoms. The van der Waals surface area contributed by atoms with Crippen LogP contribution in [0.4, 0.5) is 4.39 Å². The van der Waals surface area contributed by atoms with Crippen molar-refractivity contribution in [3.05, 3.63) is 35.6 Å². The SMILES string of the molecule is O=C(CC[C@@H]1CCCO1)N[C@@H](c1ccc(F)cc1)[C@@H]1CCCO1. The molecule has 0 aliphatic carbocycles. The predicted octanol–water partition coefficient (Wildman–Crippen LogP) is 3.12. The van der Waals surface area contributed by atoms with Crippen molar-refractivity contribution in [2.45, 2.75) is 56.8 Å². The zero-order chi connectivity index (χ0) is 16.1. The second kappa shape index (κ2) is 7.88. The van der Waals surface area contributed by atoms with Crippen LogP contribution in [0.5, 0.6) is 0 Å². The molecule has 1 N–H and O–H groups in total. The minimum Gasteiger partial charge on any atom is -0.378 e. The van der Waals surface area contributed by atoms with Crippen LogP contribution in [0.2, 0.25) is 0 Å². The summed E-state index contributed by atoms with van der Waals surface area (Å²) in [4.78, 5) is 12.3. The van der Waals surface area contributed by atoms with Crippen LogP contribution in [0.1, 0.15) is 50.1 Å². The van der Waals surface area contributed by atoms with Crippen molar-refractivity contribution in [3.8, 4) is 0 Å². The highest BCUT2D eigenvalue weighted by atomic mass is 19.1. The lowest BCUT2D eigenvalue weighted by atomic mass is 9.98. The van der Waals surface area contributed by atoms with Gasteiger partial charge in [-0.25, -0.2) is 4.39 Å². The molecule has 0 spiro atoms. The first kappa shape index (κ1) is 16.4. The van der Waals surface area contributed by atoms with E-state index in [1.54, 1.807) is 12.1 Å². The molecule has 126 valence electrons. The summed E-state index contributed by atoms with van der Waals surface area (Å²) in [5.74, 6) is -0.269. The van der Waals surface area contributed by atoms with E-state index in [9.17, 15) is 9.18 Å². The summed E-state index contributed by atoms with van der Waals surface area (Å²) in [6.45, 7) is 1.52. The van der Waals surface area contributed by atoms with E-state index in [1.165, 1.54) is 12.1 Å². The molecular formula is C18H24FNO3. The van der Waals surface area contributed by atoms with E-state index in [0.29, 0.717) is 13.0 Å². The summed E-state index contributed by atoms with van der Waals surface area (Å²) >= 11 is 0. The number of ether oxygens (including phenoxy) is 2. The Morgan fingerprint density at radius 2 is 1.91 bits per heavy atom. The van der Waals surface area contributed by atoms with E-state index in [2.05, 4.69) is 5.32 Å². The third-order valence-corrected chi connectivity index (χ3v) is 4.60. The predicted molar refractivity (Wildman–Crippen MR) is 84.5 cm³/mol. The lowest BCUT2D eigenvalue weighted by Gasteiger charge is -2.25. The number of hydrogen-bond acceptors (Lipinski definition) is 3. The van der Waals surface area contributed by atoms with Crippen LogP contribution < -0.4 is 5.32 Å². The number of rotatable bonds is 6. The van der Waals surface area contributed by atoms with Crippen molar-refractivity contribution in [2.75, 3.05) is 13.2 Å². The molecule has 1 aromatic rings. The summed E-state index contributed by atoms with van der Waals surface area (Å²) in [6, 6.07) is 6.09. The Labute approximate surface area is 136 Å². The zero-order valence-electron chi connectivity index (χ0n) is 13.3. The van der Waals surface area contributed by atoms with Crippen LogP contribution in [0.15, 0.2) is 24.3 Å². The number of benzene rings is 1. The van der Waals surface area contributed by atoms with Crippen molar-refractivity contribution >= 4 is 5.91 Å². The lowest BCUT2D eigenvalue weighted by Crippen LogP contribution is -2.36. The molecule has 2 fully saturated rings. The summed E-state index contributed by atoms with van der Waals surface area (Å²) in [5, 5.41) is 3.08. The van der Waals surface area contributed by atoms with Gasteiger partial charge < -0.3 is 14.8 Å². The molecule has 4 nitrogen and oxygen atoms in total. The van der Waals surface area contributed by atoms with E-state index in [-0.39, 0.29) is 30.0 Å². The number of hydrogen-bond donors (Lipinski definition) is 1. The highest BCUT2D eigenvalue weighted by molar-refractivity contribution is 5.76. The second-order valence-corrected chi connectivity index (χ2v) is 6.32. The molecule has 0 unspecified atom stereocenters. The normalized spacial score (nSPS) is 25.4. The fourth-order valence-corrected chi connectivity index (χ4v) is 3.34. The van der Waals surface area contributed by atoms with Crippen molar-refractivity contribution in [3.63, 3.8) is 0 Å². The minimum atomic E-state index is -0.274. The molecule has 2 saturated heterocycles. The van der Waals surface area contributed by atoms with Crippen molar-refractivity contribution < 1.29 is 18.7 Å². The molecule has 3 atom stereocenters. The smallest absolute Gasteiger partial charge is 0.220 e. The Balaban J connectivity index is 1.60. The number of carbonyl (C=O) groups excluding carboxylic acids is 1. The van der Waals surface area contributed by atoms with Crippen molar-refractivity contribution in [1.29, 1.82) is 0 Å². The van der Waals surface area contributed by atoms with E-state index in [1.807, 2.05) is 0 Å². The Morgan fingerprint density at radius 3 is 2.57 bits per heavy atom. The van der Waals surface area contributed by atoms with Gasteiger partial charge in [0.25, 0.3) is 0 Å². The van der Waals surface area contributed by atoms with Crippen molar-refractivity contribution in [1.82, 2.24) is 5.32 Å². The summed E-state index contributed by atoms with van der Waals surface area (Å²) < 4.78 is 24.5. The average molecular weight is 321 g/mol. The fourth-order valence-electron chi connectivity index (χ4n) is 3.34. The molecule has 2 aliphatic heterocycles. The first-order valence-electron chi connectivity index (χ1n) is 8.50. The largest absolute Gasteiger partial charge is 0.378 e. The number of carbonyl (C=O) groups is 1. The van der Waals surface area contributed by atoms with E-state index in [4.69, 9.17) is 9.47 Å². The lowest BCUT2D eigenvalue weighted by molar-refractivity contribution is -0.123. The van der Waals surface area contributed by atoms with Gasteiger partial charge in [-0.05, 0) is 49.8 Å². The van der Waals surface area contributed by atoms with Gasteiger partial charge in [0.05, 0.1) is 18.2 Å². The Morgan fingerprint density at radius 1 is 1.17 bits per heavy atom. The fraction of sp³-hybridized carbons (Fsp3) is 0.611. The molecule has 1 aromatic carbocycles. The average Bonchev–Trinajstić information content (AvgIpc) is 3.25. The maximum absolute atomic E-state index is 13.2. The molecule has 0 bridgehead atoms. The Hall–Kier alpha value is -1.46. The van der Waals surface area contributed by atoms with Gasteiger partial charge in [0, 0.05) is 19.6 Å². The molecule has 23 heavy (non-hydrogen) atoms. The molecule has 2 heterocycles. The molecule has 3 rings (SSSR count). The first-order chi connectivity index (χ1) is 11.2. The van der Waals surface area contributed by atoms with Gasteiger partial charge in [0.1, 0.15) is 5.82 Å². The molecule has 0 radical (unpaired) electrons. The maximum atomic E-state index is 13.2. The standard InChI is InChI=1S/C18H24FNO3/c19-14-7-5-13(6-8-14)18(16-4-2-12-23-16)20-17(21)10-9-15-3-1-11-22-15/h5-8,15-16,18H,1-4,9-12H2,(H,20,21)/t15-,16-,18-/m0/s1. The van der Waals surface area contributed by atoms with Gasteiger partial charge in [0.15, 0.2) is 0 Å². The third-order valence-electron chi connectivity index (χ3n) is 4.60. The van der Waals surface area contributed by atoms with E-state index < -0.39 is 0 Å². The maximum Gasteiger partial charge on any atom is 0.220 e. The van der Waals surface area contributed by atoms with Gasteiger partial charge in [-0.3, -0.25) is 4.79 Å². The molecule has 0 saturated carbocycles. The van der Waals surface area contributed by atoms with Crippen LogP contribution in [0.3, 0.4) is 0 Å². The monoisotopic (exact) mass is 321 g/mol. The molecule has 2 aliphatic rings. The molecular weight excluding hydrogens is 297 g/mol. The second-order valence-electron chi connectivity index (χ2n) is 6.32. The highest BCUT2D eigenvalue weighted by Crippen LogP contribution is 2.27. The van der Waals surface area contributed by atoms with E-state index >= 15 is 0 Å². The third kappa shape index (κ3) is 4.52.